The number of ketones is 1. The average Bonchev–Trinajstić information content (AvgIpc) is 2.58. The molecule has 1 aliphatic heterocycles. The van der Waals surface area contributed by atoms with Crippen LogP contribution in [-0.4, -0.2) is 40.0 Å². The quantitative estimate of drug-likeness (QED) is 0.700. The molecule has 0 radical (unpaired) electrons. The third-order valence-electron chi connectivity index (χ3n) is 3.95. The number of aliphatic hydroxyl groups excluding tert-OH is 1. The maximum atomic E-state index is 11.4. The first kappa shape index (κ1) is 14.0. The standard InChI is InChI=1S/C13H18O6/c1-7(14)10-6-12(3)11(16)9(18-8(2)15)4-5-13(12,17)19-10/h6,9,11,16-17H,4-5H2,1-3H3. The van der Waals surface area contributed by atoms with Gasteiger partial charge >= 0.3 is 5.97 Å². The van der Waals surface area contributed by atoms with E-state index < -0.39 is 29.4 Å². The summed E-state index contributed by atoms with van der Waals surface area (Å²) in [4.78, 5) is 22.4. The molecule has 1 heterocycles. The third-order valence-corrected chi connectivity index (χ3v) is 3.95. The number of esters is 1. The number of carbonyl (C=O) groups excluding carboxylic acids is 2. The monoisotopic (exact) mass is 270 g/mol. The van der Waals surface area contributed by atoms with Gasteiger partial charge in [0.2, 0.25) is 5.79 Å². The first-order chi connectivity index (χ1) is 8.69. The topological polar surface area (TPSA) is 93.1 Å². The molecule has 0 bridgehead atoms. The number of carbonyl (C=O) groups is 2. The lowest BCUT2D eigenvalue weighted by Gasteiger charge is -2.47. The highest BCUT2D eigenvalue weighted by Gasteiger charge is 2.62. The lowest BCUT2D eigenvalue weighted by Crippen LogP contribution is -2.59. The van der Waals surface area contributed by atoms with E-state index in [1.165, 1.54) is 19.9 Å². The van der Waals surface area contributed by atoms with E-state index in [0.29, 0.717) is 0 Å². The van der Waals surface area contributed by atoms with Gasteiger partial charge in [-0.05, 0) is 19.4 Å². The van der Waals surface area contributed by atoms with E-state index in [9.17, 15) is 19.8 Å². The minimum atomic E-state index is -1.63. The van der Waals surface area contributed by atoms with E-state index in [4.69, 9.17) is 9.47 Å². The minimum absolute atomic E-state index is 0.0347. The van der Waals surface area contributed by atoms with Crippen molar-refractivity contribution in [1.29, 1.82) is 0 Å². The van der Waals surface area contributed by atoms with E-state index in [0.717, 1.165) is 0 Å². The van der Waals surface area contributed by atoms with Crippen molar-refractivity contribution in [3.05, 3.63) is 11.8 Å². The van der Waals surface area contributed by atoms with Crippen LogP contribution in [0.4, 0.5) is 0 Å². The van der Waals surface area contributed by atoms with E-state index >= 15 is 0 Å². The highest BCUT2D eigenvalue weighted by molar-refractivity contribution is 5.92. The fraction of sp³-hybridized carbons (Fsp3) is 0.692. The van der Waals surface area contributed by atoms with Gasteiger partial charge in [0.15, 0.2) is 11.5 Å². The van der Waals surface area contributed by atoms with Crippen LogP contribution in [0.3, 0.4) is 0 Å². The van der Waals surface area contributed by atoms with Gasteiger partial charge in [-0.15, -0.1) is 0 Å². The van der Waals surface area contributed by atoms with E-state index in [1.807, 2.05) is 0 Å². The summed E-state index contributed by atoms with van der Waals surface area (Å²) >= 11 is 0. The lowest BCUT2D eigenvalue weighted by atomic mass is 9.68. The van der Waals surface area contributed by atoms with Gasteiger partial charge in [0.1, 0.15) is 12.2 Å². The zero-order valence-corrected chi connectivity index (χ0v) is 11.2. The SMILES string of the molecule is CC(=O)OC1CCC2(O)OC(C(C)=O)=CC2(C)C1O. The summed E-state index contributed by atoms with van der Waals surface area (Å²) in [5.41, 5.74) is -1.17. The Morgan fingerprint density at radius 2 is 2.11 bits per heavy atom. The molecule has 1 aliphatic carbocycles. The lowest BCUT2D eigenvalue weighted by molar-refractivity contribution is -0.276. The van der Waals surface area contributed by atoms with Crippen molar-refractivity contribution in [1.82, 2.24) is 0 Å². The van der Waals surface area contributed by atoms with Crippen molar-refractivity contribution in [3.8, 4) is 0 Å². The molecule has 0 aromatic heterocycles. The van der Waals surface area contributed by atoms with Crippen molar-refractivity contribution in [3.63, 3.8) is 0 Å². The number of Topliss-reactive ketones (excluding diaryl/α,β-unsaturated/α-hetero) is 1. The first-order valence-corrected chi connectivity index (χ1v) is 6.20. The Morgan fingerprint density at radius 3 is 2.63 bits per heavy atom. The zero-order chi connectivity index (χ0) is 14.4. The van der Waals surface area contributed by atoms with Gasteiger partial charge in [-0.25, -0.2) is 0 Å². The molecule has 0 aromatic rings. The van der Waals surface area contributed by atoms with Crippen LogP contribution in [-0.2, 0) is 19.1 Å². The van der Waals surface area contributed by atoms with Crippen molar-refractivity contribution < 1.29 is 29.3 Å². The van der Waals surface area contributed by atoms with Gasteiger partial charge in [0, 0.05) is 20.3 Å². The highest BCUT2D eigenvalue weighted by atomic mass is 16.6. The van der Waals surface area contributed by atoms with E-state index in [-0.39, 0.29) is 24.4 Å². The van der Waals surface area contributed by atoms with Crippen molar-refractivity contribution >= 4 is 11.8 Å². The number of hydrogen-bond donors (Lipinski definition) is 2. The number of allylic oxidation sites excluding steroid dienone is 1. The van der Waals surface area contributed by atoms with Crippen LogP contribution < -0.4 is 0 Å². The Morgan fingerprint density at radius 1 is 1.47 bits per heavy atom. The molecule has 4 atom stereocenters. The maximum absolute atomic E-state index is 11.4. The van der Waals surface area contributed by atoms with Crippen LogP contribution in [0.5, 0.6) is 0 Å². The van der Waals surface area contributed by atoms with Crippen LogP contribution >= 0.6 is 0 Å². The number of fused-ring (bicyclic) bond motifs is 1. The molecule has 6 nitrogen and oxygen atoms in total. The van der Waals surface area contributed by atoms with Crippen LogP contribution in [0.15, 0.2) is 11.8 Å². The Hall–Kier alpha value is -1.40. The summed E-state index contributed by atoms with van der Waals surface area (Å²) in [6.45, 7) is 4.17. The first-order valence-electron chi connectivity index (χ1n) is 6.20. The maximum Gasteiger partial charge on any atom is 0.302 e. The molecular weight excluding hydrogens is 252 g/mol. The molecule has 0 aromatic carbocycles. The zero-order valence-electron chi connectivity index (χ0n) is 11.2. The fourth-order valence-corrected chi connectivity index (χ4v) is 2.74. The molecule has 1 saturated carbocycles. The summed E-state index contributed by atoms with van der Waals surface area (Å²) in [6, 6.07) is 0. The van der Waals surface area contributed by atoms with E-state index in [2.05, 4.69) is 0 Å². The summed E-state index contributed by atoms with van der Waals surface area (Å²) in [6.07, 6.45) is 0.0220. The third kappa shape index (κ3) is 2.04. The predicted octanol–water partition coefficient (Wildman–Crippen LogP) is 0.271. The summed E-state index contributed by atoms with van der Waals surface area (Å²) < 4.78 is 10.4. The second-order valence-electron chi connectivity index (χ2n) is 5.37. The summed E-state index contributed by atoms with van der Waals surface area (Å²) in [5.74, 6) is -2.41. The van der Waals surface area contributed by atoms with Gasteiger partial charge < -0.3 is 19.7 Å². The van der Waals surface area contributed by atoms with Crippen molar-refractivity contribution in [2.45, 2.75) is 51.6 Å². The smallest absolute Gasteiger partial charge is 0.302 e. The fourth-order valence-electron chi connectivity index (χ4n) is 2.74. The molecule has 0 spiro atoms. The largest absolute Gasteiger partial charge is 0.460 e. The molecule has 4 unspecified atom stereocenters. The number of aliphatic hydroxyl groups is 2. The minimum Gasteiger partial charge on any atom is -0.460 e. The highest BCUT2D eigenvalue weighted by Crippen LogP contribution is 2.52. The Labute approximate surface area is 111 Å². The van der Waals surface area contributed by atoms with Gasteiger partial charge in [-0.1, -0.05) is 0 Å². The molecule has 1 fully saturated rings. The Kier molecular flexibility index (Phi) is 3.18. The summed E-state index contributed by atoms with van der Waals surface area (Å²) in [7, 11) is 0. The van der Waals surface area contributed by atoms with Crippen LogP contribution in [0.25, 0.3) is 0 Å². The second-order valence-corrected chi connectivity index (χ2v) is 5.37. The van der Waals surface area contributed by atoms with Crippen LogP contribution in [0, 0.1) is 5.41 Å². The molecule has 6 heteroatoms. The Bertz CT molecular complexity index is 456. The molecule has 2 aliphatic rings. The summed E-state index contributed by atoms with van der Waals surface area (Å²) in [5, 5.41) is 20.8. The van der Waals surface area contributed by atoms with Gasteiger partial charge in [-0.3, -0.25) is 9.59 Å². The molecular formula is C13H18O6. The molecule has 0 amide bonds. The molecule has 2 N–H and O–H groups in total. The molecule has 19 heavy (non-hydrogen) atoms. The van der Waals surface area contributed by atoms with Crippen molar-refractivity contribution in [2.24, 2.45) is 5.41 Å². The van der Waals surface area contributed by atoms with E-state index in [1.54, 1.807) is 6.92 Å². The molecule has 2 rings (SSSR count). The van der Waals surface area contributed by atoms with Gasteiger partial charge in [-0.2, -0.15) is 0 Å². The average molecular weight is 270 g/mol. The number of ether oxygens (including phenoxy) is 2. The molecule has 106 valence electrons. The number of hydrogen-bond acceptors (Lipinski definition) is 6. The van der Waals surface area contributed by atoms with Gasteiger partial charge in [0.25, 0.3) is 0 Å². The predicted molar refractivity (Wildman–Crippen MR) is 63.7 cm³/mol. The molecule has 0 saturated heterocycles. The van der Waals surface area contributed by atoms with Crippen LogP contribution in [0.2, 0.25) is 0 Å². The second kappa shape index (κ2) is 4.31. The number of rotatable bonds is 2. The van der Waals surface area contributed by atoms with Crippen molar-refractivity contribution in [2.75, 3.05) is 0 Å². The Balaban J connectivity index is 2.32. The van der Waals surface area contributed by atoms with Gasteiger partial charge in [0.05, 0.1) is 5.41 Å². The normalized spacial score (nSPS) is 41.0. The van der Waals surface area contributed by atoms with Crippen LogP contribution in [0.1, 0.15) is 33.6 Å².